The summed E-state index contributed by atoms with van der Waals surface area (Å²) in [7, 11) is 3.73. The molecule has 8 nitrogen and oxygen atoms in total. The second kappa shape index (κ2) is 9.46. The summed E-state index contributed by atoms with van der Waals surface area (Å²) < 4.78 is 18.5. The lowest BCUT2D eigenvalue weighted by molar-refractivity contribution is -0.00800. The number of hydrogen-bond acceptors (Lipinski definition) is 5. The van der Waals surface area contributed by atoms with Crippen molar-refractivity contribution in [1.29, 1.82) is 0 Å². The third-order valence-corrected chi connectivity index (χ3v) is 4.81. The molecule has 28 heavy (non-hydrogen) atoms. The lowest BCUT2D eigenvalue weighted by Crippen LogP contribution is -2.48. The molecular formula is C19H26IN5O3. The first-order valence-electron chi connectivity index (χ1n) is 9.17. The van der Waals surface area contributed by atoms with Gasteiger partial charge in [0, 0.05) is 38.9 Å². The van der Waals surface area contributed by atoms with Crippen LogP contribution in [-0.2, 0) is 18.2 Å². The molecular weight excluding hydrogens is 473 g/mol. The molecule has 0 spiro atoms. The summed E-state index contributed by atoms with van der Waals surface area (Å²) in [5, 5.41) is 7.70. The number of ether oxygens (including phenoxy) is 3. The van der Waals surface area contributed by atoms with Crippen LogP contribution in [0.3, 0.4) is 0 Å². The molecule has 3 heterocycles. The molecule has 1 aromatic heterocycles. The molecule has 1 unspecified atom stereocenters. The number of benzene rings is 1. The van der Waals surface area contributed by atoms with Crippen molar-refractivity contribution in [3.8, 4) is 11.5 Å². The van der Waals surface area contributed by atoms with Gasteiger partial charge in [0.2, 0.25) is 6.79 Å². The van der Waals surface area contributed by atoms with E-state index in [9.17, 15) is 0 Å². The molecule has 0 aliphatic carbocycles. The second-order valence-electron chi connectivity index (χ2n) is 6.66. The lowest BCUT2D eigenvalue weighted by atomic mass is 10.1. The maximum absolute atomic E-state index is 5.92. The van der Waals surface area contributed by atoms with E-state index < -0.39 is 0 Å². The van der Waals surface area contributed by atoms with E-state index in [0.717, 1.165) is 49.1 Å². The van der Waals surface area contributed by atoms with Crippen molar-refractivity contribution in [1.82, 2.24) is 20.0 Å². The van der Waals surface area contributed by atoms with Crippen LogP contribution >= 0.6 is 24.0 Å². The minimum absolute atomic E-state index is 0. The molecule has 0 saturated carbocycles. The molecule has 9 heteroatoms. The summed E-state index contributed by atoms with van der Waals surface area (Å²) in [6.45, 7) is 3.35. The summed E-state index contributed by atoms with van der Waals surface area (Å²) in [4.78, 5) is 6.68. The Bertz CT molecular complexity index is 826. The summed E-state index contributed by atoms with van der Waals surface area (Å²) in [6, 6.07) is 6.08. The third-order valence-electron chi connectivity index (χ3n) is 4.81. The third kappa shape index (κ3) is 4.69. The van der Waals surface area contributed by atoms with Crippen molar-refractivity contribution in [3.05, 3.63) is 41.7 Å². The molecule has 1 aromatic carbocycles. The number of aryl methyl sites for hydroxylation is 1. The summed E-state index contributed by atoms with van der Waals surface area (Å²) in [5.41, 5.74) is 2.30. The first-order valence-corrected chi connectivity index (χ1v) is 9.17. The Morgan fingerprint density at radius 3 is 2.96 bits per heavy atom. The van der Waals surface area contributed by atoms with Crippen molar-refractivity contribution in [2.24, 2.45) is 12.0 Å². The lowest BCUT2D eigenvalue weighted by Gasteiger charge is -2.34. The molecule has 0 radical (unpaired) electrons. The van der Waals surface area contributed by atoms with E-state index in [-0.39, 0.29) is 30.1 Å². The van der Waals surface area contributed by atoms with E-state index >= 15 is 0 Å². The van der Waals surface area contributed by atoms with E-state index in [4.69, 9.17) is 14.2 Å². The number of aromatic nitrogens is 2. The maximum atomic E-state index is 5.92. The van der Waals surface area contributed by atoms with Crippen molar-refractivity contribution in [2.75, 3.05) is 40.1 Å². The minimum atomic E-state index is 0. The van der Waals surface area contributed by atoms with Crippen LogP contribution in [0.25, 0.3) is 0 Å². The van der Waals surface area contributed by atoms with E-state index in [0.29, 0.717) is 13.4 Å². The first-order chi connectivity index (χ1) is 13.2. The van der Waals surface area contributed by atoms with E-state index in [1.807, 2.05) is 38.6 Å². The Balaban J connectivity index is 0.00000225. The Labute approximate surface area is 181 Å². The largest absolute Gasteiger partial charge is 0.454 e. The zero-order valence-corrected chi connectivity index (χ0v) is 18.5. The highest BCUT2D eigenvalue weighted by atomic mass is 127. The van der Waals surface area contributed by atoms with Gasteiger partial charge in [0.15, 0.2) is 17.5 Å². The summed E-state index contributed by atoms with van der Waals surface area (Å²) in [6.07, 6.45) is 4.76. The van der Waals surface area contributed by atoms with E-state index in [1.165, 1.54) is 5.56 Å². The SMILES string of the molecule is CN=C(NCCc1ccc2c(c1)OCO2)N1CCOC(c2cnn(C)c2)C1.I. The van der Waals surface area contributed by atoms with Gasteiger partial charge in [-0.25, -0.2) is 0 Å². The van der Waals surface area contributed by atoms with Gasteiger partial charge in [-0.15, -0.1) is 24.0 Å². The number of fused-ring (bicyclic) bond motifs is 1. The van der Waals surface area contributed by atoms with Gasteiger partial charge in [-0.1, -0.05) is 6.07 Å². The highest BCUT2D eigenvalue weighted by Gasteiger charge is 2.25. The minimum Gasteiger partial charge on any atom is -0.454 e. The van der Waals surface area contributed by atoms with Gasteiger partial charge >= 0.3 is 0 Å². The smallest absolute Gasteiger partial charge is 0.231 e. The molecule has 152 valence electrons. The number of guanidine groups is 1. The molecule has 0 bridgehead atoms. The van der Waals surface area contributed by atoms with Crippen LogP contribution in [0.2, 0.25) is 0 Å². The average Bonchev–Trinajstić information content (AvgIpc) is 3.34. The quantitative estimate of drug-likeness (QED) is 0.394. The number of hydrogen-bond donors (Lipinski definition) is 1. The molecule has 1 saturated heterocycles. The molecule has 2 aliphatic heterocycles. The number of halogens is 1. The topological polar surface area (TPSA) is 73.1 Å². The number of aliphatic imine (C=N–C) groups is 1. The van der Waals surface area contributed by atoms with Crippen molar-refractivity contribution >= 4 is 29.9 Å². The van der Waals surface area contributed by atoms with Gasteiger partial charge in [0.1, 0.15) is 6.10 Å². The van der Waals surface area contributed by atoms with Crippen molar-refractivity contribution < 1.29 is 14.2 Å². The molecule has 0 amide bonds. The fraction of sp³-hybridized carbons (Fsp3) is 0.474. The molecule has 4 rings (SSSR count). The Hall–Kier alpha value is -2.01. The predicted molar refractivity (Wildman–Crippen MR) is 117 cm³/mol. The second-order valence-corrected chi connectivity index (χ2v) is 6.66. The molecule has 1 N–H and O–H groups in total. The predicted octanol–water partition coefficient (Wildman–Crippen LogP) is 1.96. The number of morpholine rings is 1. The van der Waals surface area contributed by atoms with Crippen LogP contribution in [0, 0.1) is 0 Å². The number of nitrogens with zero attached hydrogens (tertiary/aromatic N) is 4. The number of nitrogens with one attached hydrogen (secondary N) is 1. The normalized spacial score (nSPS) is 18.7. The van der Waals surface area contributed by atoms with Crippen LogP contribution in [0.15, 0.2) is 35.6 Å². The van der Waals surface area contributed by atoms with Gasteiger partial charge in [0.05, 0.1) is 19.3 Å². The summed E-state index contributed by atoms with van der Waals surface area (Å²) in [5.74, 6) is 2.54. The average molecular weight is 499 g/mol. The fourth-order valence-electron chi connectivity index (χ4n) is 3.40. The highest BCUT2D eigenvalue weighted by Crippen LogP contribution is 2.32. The summed E-state index contributed by atoms with van der Waals surface area (Å²) >= 11 is 0. The Morgan fingerprint density at radius 1 is 1.32 bits per heavy atom. The fourth-order valence-corrected chi connectivity index (χ4v) is 3.40. The van der Waals surface area contributed by atoms with Gasteiger partial charge in [-0.05, 0) is 24.1 Å². The van der Waals surface area contributed by atoms with Crippen LogP contribution < -0.4 is 14.8 Å². The Kier molecular flexibility index (Phi) is 7.00. The van der Waals surface area contributed by atoms with Crippen LogP contribution in [-0.4, -0.2) is 60.7 Å². The molecule has 2 aliphatic rings. The van der Waals surface area contributed by atoms with Gasteiger partial charge < -0.3 is 24.4 Å². The molecule has 2 aromatic rings. The zero-order valence-electron chi connectivity index (χ0n) is 16.1. The van der Waals surface area contributed by atoms with Crippen LogP contribution in [0.5, 0.6) is 11.5 Å². The molecule has 1 fully saturated rings. The van der Waals surface area contributed by atoms with Crippen LogP contribution in [0.4, 0.5) is 0 Å². The van der Waals surface area contributed by atoms with Crippen LogP contribution in [0.1, 0.15) is 17.2 Å². The van der Waals surface area contributed by atoms with E-state index in [2.05, 4.69) is 26.4 Å². The van der Waals surface area contributed by atoms with Gasteiger partial charge in [-0.3, -0.25) is 9.67 Å². The maximum Gasteiger partial charge on any atom is 0.231 e. The standard InChI is InChI=1S/C19H25N5O3.HI/c1-20-19(21-6-5-14-3-4-16-17(9-14)27-13-26-16)24-7-8-25-18(12-24)15-10-22-23(2)11-15;/h3-4,9-11,18H,5-8,12-13H2,1-2H3,(H,20,21);1H. The van der Waals surface area contributed by atoms with Crippen molar-refractivity contribution in [2.45, 2.75) is 12.5 Å². The Morgan fingerprint density at radius 2 is 2.18 bits per heavy atom. The van der Waals surface area contributed by atoms with E-state index in [1.54, 1.807) is 4.68 Å². The zero-order chi connectivity index (χ0) is 18.6. The van der Waals surface area contributed by atoms with Gasteiger partial charge in [0.25, 0.3) is 0 Å². The molecule has 1 atom stereocenters. The highest BCUT2D eigenvalue weighted by molar-refractivity contribution is 14.0. The van der Waals surface area contributed by atoms with Crippen molar-refractivity contribution in [3.63, 3.8) is 0 Å². The first kappa shape index (κ1) is 20.7. The monoisotopic (exact) mass is 499 g/mol. The number of rotatable bonds is 4. The van der Waals surface area contributed by atoms with Gasteiger partial charge in [-0.2, -0.15) is 5.10 Å².